The predicted molar refractivity (Wildman–Crippen MR) is 74.9 cm³/mol. The number of amides is 1. The minimum atomic E-state index is -0.196. The smallest absolute Gasteiger partial charge is 0.243 e. The third kappa shape index (κ3) is 3.90. The highest BCUT2D eigenvalue weighted by atomic mass is 127. The number of hydrogen-bond donors (Lipinski definition) is 1. The number of benzene rings is 1. The Morgan fingerprint density at radius 3 is 2.89 bits per heavy atom. The van der Waals surface area contributed by atoms with Crippen LogP contribution in [0, 0.1) is 10.5 Å². The molecule has 0 fully saturated rings. The molecule has 1 rings (SSSR count). The Kier molecular flexibility index (Phi) is 5.97. The highest BCUT2D eigenvalue weighted by Gasteiger charge is 2.10. The van der Waals surface area contributed by atoms with Gasteiger partial charge in [0.1, 0.15) is 6.61 Å². The first-order valence-corrected chi connectivity index (χ1v) is 6.44. The molecule has 18 heavy (non-hydrogen) atoms. The highest BCUT2D eigenvalue weighted by molar-refractivity contribution is 14.1. The van der Waals surface area contributed by atoms with E-state index in [0.717, 1.165) is 14.7 Å². The van der Waals surface area contributed by atoms with E-state index in [1.165, 1.54) is 6.08 Å². The SMILES string of the molecule is CCC(=O)NOCc1c(N=C=O)ccc(C)c1I. The standard InChI is InChI=1S/C12H13IN2O3/c1-3-11(17)15-18-6-9-10(14-7-16)5-4-8(2)12(9)13/h4-5H,3,6H2,1-2H3,(H,15,17). The Bertz CT molecular complexity index is 496. The molecule has 0 aliphatic heterocycles. The van der Waals surface area contributed by atoms with Crippen LogP contribution in [0.2, 0.25) is 0 Å². The molecule has 0 saturated carbocycles. The maximum absolute atomic E-state index is 11.0. The zero-order valence-corrected chi connectivity index (χ0v) is 12.3. The van der Waals surface area contributed by atoms with Crippen LogP contribution in [-0.4, -0.2) is 12.0 Å². The van der Waals surface area contributed by atoms with Crippen molar-refractivity contribution in [3.05, 3.63) is 26.8 Å². The molecule has 0 saturated heterocycles. The molecular weight excluding hydrogens is 347 g/mol. The molecule has 1 N–H and O–H groups in total. The van der Waals surface area contributed by atoms with Crippen molar-refractivity contribution >= 4 is 40.3 Å². The topological polar surface area (TPSA) is 67.8 Å². The lowest BCUT2D eigenvalue weighted by molar-refractivity contribution is -0.134. The fourth-order valence-corrected chi connectivity index (χ4v) is 1.89. The quantitative estimate of drug-likeness (QED) is 0.380. The van der Waals surface area contributed by atoms with Crippen molar-refractivity contribution in [2.75, 3.05) is 0 Å². The van der Waals surface area contributed by atoms with E-state index in [1.807, 2.05) is 13.0 Å². The van der Waals surface area contributed by atoms with Crippen LogP contribution in [0.3, 0.4) is 0 Å². The monoisotopic (exact) mass is 360 g/mol. The molecule has 1 aromatic carbocycles. The number of hydroxylamine groups is 1. The molecule has 1 amide bonds. The number of halogens is 1. The predicted octanol–water partition coefficient (Wildman–Crippen LogP) is 2.52. The van der Waals surface area contributed by atoms with Gasteiger partial charge in [-0.3, -0.25) is 9.63 Å². The van der Waals surface area contributed by atoms with Crippen molar-refractivity contribution in [2.45, 2.75) is 26.9 Å². The Labute approximate surface area is 119 Å². The zero-order chi connectivity index (χ0) is 13.5. The van der Waals surface area contributed by atoms with Crippen LogP contribution in [0.4, 0.5) is 5.69 Å². The fourth-order valence-electron chi connectivity index (χ4n) is 1.28. The van der Waals surface area contributed by atoms with Gasteiger partial charge < -0.3 is 0 Å². The number of carbonyl (C=O) groups is 1. The van der Waals surface area contributed by atoms with Gasteiger partial charge in [0.15, 0.2) is 0 Å². The summed E-state index contributed by atoms with van der Waals surface area (Å²) >= 11 is 2.15. The van der Waals surface area contributed by atoms with Crippen molar-refractivity contribution in [3.8, 4) is 0 Å². The summed E-state index contributed by atoms with van der Waals surface area (Å²) in [5.74, 6) is -0.196. The van der Waals surface area contributed by atoms with E-state index >= 15 is 0 Å². The molecule has 0 aliphatic rings. The van der Waals surface area contributed by atoms with Crippen LogP contribution < -0.4 is 5.48 Å². The van der Waals surface area contributed by atoms with Crippen molar-refractivity contribution < 1.29 is 14.4 Å². The van der Waals surface area contributed by atoms with Gasteiger partial charge in [0.25, 0.3) is 0 Å². The Morgan fingerprint density at radius 2 is 2.28 bits per heavy atom. The molecule has 5 nitrogen and oxygen atoms in total. The number of aliphatic imine (C=N–C) groups is 1. The first-order chi connectivity index (χ1) is 8.60. The van der Waals surface area contributed by atoms with Gasteiger partial charge in [-0.05, 0) is 41.1 Å². The van der Waals surface area contributed by atoms with Gasteiger partial charge in [-0.25, -0.2) is 10.3 Å². The van der Waals surface area contributed by atoms with Gasteiger partial charge >= 0.3 is 0 Å². The van der Waals surface area contributed by atoms with Crippen LogP contribution in [0.15, 0.2) is 17.1 Å². The summed E-state index contributed by atoms with van der Waals surface area (Å²) in [5.41, 5.74) is 4.64. The van der Waals surface area contributed by atoms with Crippen LogP contribution in [0.25, 0.3) is 0 Å². The average molecular weight is 360 g/mol. The van der Waals surface area contributed by atoms with E-state index in [9.17, 15) is 9.59 Å². The van der Waals surface area contributed by atoms with Gasteiger partial charge in [0.05, 0.1) is 5.69 Å². The van der Waals surface area contributed by atoms with Crippen molar-refractivity contribution in [3.63, 3.8) is 0 Å². The number of hydrogen-bond acceptors (Lipinski definition) is 4. The summed E-state index contributed by atoms with van der Waals surface area (Å²) in [6, 6.07) is 3.59. The second-order valence-corrected chi connectivity index (χ2v) is 4.64. The molecule has 0 spiro atoms. The lowest BCUT2D eigenvalue weighted by Crippen LogP contribution is -2.22. The van der Waals surface area contributed by atoms with E-state index in [4.69, 9.17) is 4.84 Å². The molecule has 0 radical (unpaired) electrons. The fraction of sp³-hybridized carbons (Fsp3) is 0.333. The van der Waals surface area contributed by atoms with Crippen molar-refractivity contribution in [1.29, 1.82) is 0 Å². The van der Waals surface area contributed by atoms with Crippen molar-refractivity contribution in [1.82, 2.24) is 5.48 Å². The summed E-state index contributed by atoms with van der Waals surface area (Å²) in [6.07, 6.45) is 1.86. The van der Waals surface area contributed by atoms with E-state index in [0.29, 0.717) is 12.1 Å². The molecule has 0 unspecified atom stereocenters. The van der Waals surface area contributed by atoms with Gasteiger partial charge in [-0.1, -0.05) is 13.0 Å². The van der Waals surface area contributed by atoms with Gasteiger partial charge in [0, 0.05) is 15.6 Å². The molecule has 0 bridgehead atoms. The van der Waals surface area contributed by atoms with Crippen LogP contribution in [0.5, 0.6) is 0 Å². The Balaban J connectivity index is 2.88. The summed E-state index contributed by atoms with van der Waals surface area (Å²) < 4.78 is 0.954. The number of isocyanates is 1. The molecule has 6 heteroatoms. The lowest BCUT2D eigenvalue weighted by Gasteiger charge is -2.10. The number of carbonyl (C=O) groups excluding carboxylic acids is 2. The second-order valence-electron chi connectivity index (χ2n) is 3.56. The summed E-state index contributed by atoms with van der Waals surface area (Å²) in [6.45, 7) is 3.84. The van der Waals surface area contributed by atoms with Gasteiger partial charge in [-0.2, -0.15) is 4.99 Å². The molecule has 1 aromatic rings. The van der Waals surface area contributed by atoms with Crippen LogP contribution >= 0.6 is 22.6 Å². The van der Waals surface area contributed by atoms with Gasteiger partial charge in [0.2, 0.25) is 12.0 Å². The molecule has 0 atom stereocenters. The maximum atomic E-state index is 11.0. The maximum Gasteiger partial charge on any atom is 0.243 e. The third-order valence-corrected chi connectivity index (χ3v) is 3.80. The number of rotatable bonds is 5. The van der Waals surface area contributed by atoms with E-state index in [-0.39, 0.29) is 12.5 Å². The zero-order valence-electron chi connectivity index (χ0n) is 10.1. The second kappa shape index (κ2) is 7.25. The first-order valence-electron chi connectivity index (χ1n) is 5.36. The normalized spacial score (nSPS) is 9.72. The lowest BCUT2D eigenvalue weighted by atomic mass is 10.1. The number of aryl methyl sites for hydroxylation is 1. The molecular formula is C12H13IN2O3. The molecule has 0 aromatic heterocycles. The summed E-state index contributed by atoms with van der Waals surface area (Å²) in [7, 11) is 0. The minimum Gasteiger partial charge on any atom is -0.273 e. The third-order valence-electron chi connectivity index (χ3n) is 2.30. The van der Waals surface area contributed by atoms with E-state index < -0.39 is 0 Å². The average Bonchev–Trinajstić information content (AvgIpc) is 2.37. The van der Waals surface area contributed by atoms with E-state index in [1.54, 1.807) is 13.0 Å². The Morgan fingerprint density at radius 1 is 1.56 bits per heavy atom. The van der Waals surface area contributed by atoms with Gasteiger partial charge in [-0.15, -0.1) is 0 Å². The number of nitrogens with zero attached hydrogens (tertiary/aromatic N) is 1. The number of nitrogens with one attached hydrogen (secondary N) is 1. The summed E-state index contributed by atoms with van der Waals surface area (Å²) in [5, 5.41) is 0. The molecule has 0 aliphatic carbocycles. The largest absolute Gasteiger partial charge is 0.273 e. The van der Waals surface area contributed by atoms with Crippen LogP contribution in [-0.2, 0) is 21.0 Å². The van der Waals surface area contributed by atoms with E-state index in [2.05, 4.69) is 33.1 Å². The summed E-state index contributed by atoms with van der Waals surface area (Å²) in [4.78, 5) is 30.1. The first kappa shape index (κ1) is 14.8. The van der Waals surface area contributed by atoms with Crippen LogP contribution in [0.1, 0.15) is 24.5 Å². The molecule has 0 heterocycles. The molecule has 96 valence electrons. The highest BCUT2D eigenvalue weighted by Crippen LogP contribution is 2.27. The minimum absolute atomic E-state index is 0.159. The van der Waals surface area contributed by atoms with Crippen molar-refractivity contribution in [2.24, 2.45) is 4.99 Å². The Hall–Kier alpha value is -1.24.